The minimum Gasteiger partial charge on any atom is -0.292 e. The number of nitrogens with zero attached hydrogens (tertiary/aromatic N) is 2. The molecule has 298 valence electrons. The molecule has 0 aliphatic rings. The third-order valence-corrected chi connectivity index (χ3v) is 13.5. The maximum atomic E-state index is 5.35. The lowest BCUT2D eigenvalue weighted by molar-refractivity contribution is 1.11. The van der Waals surface area contributed by atoms with Crippen LogP contribution in [0.1, 0.15) is 5.56 Å². The van der Waals surface area contributed by atoms with E-state index in [1.54, 1.807) is 0 Å². The Morgan fingerprint density at radius 3 is 1.58 bits per heavy atom. The Kier molecular flexibility index (Phi) is 8.16. The van der Waals surface area contributed by atoms with Crippen LogP contribution in [0.5, 0.6) is 0 Å². The SMILES string of the molecule is Cc1cccc2ccc3cccc(-c4cccc5ccc6cc(-c7ccc(-c8c9ccccc9c(-c9nc%10ccccc%10n9-c9ccccc9)c9ccccc89)cc7)ccc6c45)c3c12. The lowest BCUT2D eigenvalue weighted by atomic mass is 9.87. The Hall–Kier alpha value is -8.33. The second-order valence-corrected chi connectivity index (χ2v) is 17.1. The van der Waals surface area contributed by atoms with E-state index < -0.39 is 0 Å². The molecule has 0 aliphatic heterocycles. The number of benzene rings is 12. The van der Waals surface area contributed by atoms with Crippen molar-refractivity contribution in [3.05, 3.63) is 230 Å². The van der Waals surface area contributed by atoms with Gasteiger partial charge in [-0.15, -0.1) is 0 Å². The summed E-state index contributed by atoms with van der Waals surface area (Å²) >= 11 is 0. The summed E-state index contributed by atoms with van der Waals surface area (Å²) in [6.45, 7) is 2.23. The first-order valence-electron chi connectivity index (χ1n) is 22.1. The van der Waals surface area contributed by atoms with Gasteiger partial charge >= 0.3 is 0 Å². The summed E-state index contributed by atoms with van der Waals surface area (Å²) < 4.78 is 2.32. The van der Waals surface area contributed by atoms with Gasteiger partial charge in [0.15, 0.2) is 0 Å². The van der Waals surface area contributed by atoms with Crippen molar-refractivity contribution in [1.29, 1.82) is 0 Å². The molecule has 2 heteroatoms. The number of hydrogen-bond acceptors (Lipinski definition) is 1. The van der Waals surface area contributed by atoms with Crippen LogP contribution in [-0.2, 0) is 0 Å². The van der Waals surface area contributed by atoms with Gasteiger partial charge in [0.1, 0.15) is 5.82 Å². The minimum absolute atomic E-state index is 0.943. The lowest BCUT2D eigenvalue weighted by Gasteiger charge is -2.18. The van der Waals surface area contributed by atoms with E-state index in [1.165, 1.54) is 104 Å². The van der Waals surface area contributed by atoms with Crippen LogP contribution >= 0.6 is 0 Å². The van der Waals surface area contributed by atoms with Crippen LogP contribution in [0.15, 0.2) is 224 Å². The van der Waals surface area contributed by atoms with Crippen LogP contribution in [-0.4, -0.2) is 9.55 Å². The number of aryl methyl sites for hydroxylation is 1. The molecule has 0 amide bonds. The van der Waals surface area contributed by atoms with E-state index in [4.69, 9.17) is 4.98 Å². The normalized spacial score (nSPS) is 11.8. The van der Waals surface area contributed by atoms with E-state index in [0.29, 0.717) is 0 Å². The Morgan fingerprint density at radius 2 is 0.875 bits per heavy atom. The van der Waals surface area contributed by atoms with Crippen LogP contribution in [0.25, 0.3) is 126 Å². The number of para-hydroxylation sites is 3. The fourth-order valence-corrected chi connectivity index (χ4v) is 10.6. The minimum atomic E-state index is 0.943. The molecule has 0 N–H and O–H groups in total. The molecule has 0 aliphatic carbocycles. The molecule has 1 heterocycles. The number of imidazole rings is 1. The maximum absolute atomic E-state index is 5.35. The maximum Gasteiger partial charge on any atom is 0.146 e. The van der Waals surface area contributed by atoms with Crippen LogP contribution in [0.2, 0.25) is 0 Å². The van der Waals surface area contributed by atoms with Crippen molar-refractivity contribution in [3.63, 3.8) is 0 Å². The summed E-state index contributed by atoms with van der Waals surface area (Å²) in [5.41, 5.74) is 13.0. The van der Waals surface area contributed by atoms with Crippen molar-refractivity contribution in [3.8, 4) is 50.5 Å². The molecule has 1 aromatic heterocycles. The van der Waals surface area contributed by atoms with Crippen molar-refractivity contribution in [1.82, 2.24) is 9.55 Å². The Balaban J connectivity index is 0.946. The van der Waals surface area contributed by atoms with Gasteiger partial charge in [-0.25, -0.2) is 4.98 Å². The zero-order valence-electron chi connectivity index (χ0n) is 35.3. The molecular weight excluding hydrogens is 773 g/mol. The molecule has 12 aromatic carbocycles. The monoisotopic (exact) mass is 812 g/mol. The highest BCUT2D eigenvalue weighted by atomic mass is 15.1. The van der Waals surface area contributed by atoms with E-state index in [0.717, 1.165) is 28.1 Å². The summed E-state index contributed by atoms with van der Waals surface area (Å²) in [7, 11) is 0. The zero-order valence-corrected chi connectivity index (χ0v) is 35.3. The second-order valence-electron chi connectivity index (χ2n) is 17.1. The van der Waals surface area contributed by atoms with E-state index in [1.807, 2.05) is 0 Å². The summed E-state index contributed by atoms with van der Waals surface area (Å²) in [5.74, 6) is 0.943. The summed E-state index contributed by atoms with van der Waals surface area (Å²) in [4.78, 5) is 5.35. The number of aromatic nitrogens is 2. The summed E-state index contributed by atoms with van der Waals surface area (Å²) in [5, 5.41) is 15.0. The second kappa shape index (κ2) is 14.4. The number of hydrogen-bond donors (Lipinski definition) is 0. The molecule has 2 nitrogen and oxygen atoms in total. The third kappa shape index (κ3) is 5.56. The Labute approximate surface area is 370 Å². The van der Waals surface area contributed by atoms with E-state index >= 15 is 0 Å². The molecular formula is C62H40N2. The molecule has 0 unspecified atom stereocenters. The van der Waals surface area contributed by atoms with Gasteiger partial charge in [-0.3, -0.25) is 4.57 Å². The van der Waals surface area contributed by atoms with Crippen molar-refractivity contribution in [2.75, 3.05) is 0 Å². The smallest absolute Gasteiger partial charge is 0.146 e. The molecule has 0 saturated carbocycles. The van der Waals surface area contributed by atoms with Crippen molar-refractivity contribution in [2.24, 2.45) is 0 Å². The predicted octanol–water partition coefficient (Wildman–Crippen LogP) is 16.9. The molecule has 13 rings (SSSR count). The molecule has 0 spiro atoms. The van der Waals surface area contributed by atoms with E-state index in [-0.39, 0.29) is 0 Å². The zero-order chi connectivity index (χ0) is 42.3. The van der Waals surface area contributed by atoms with Gasteiger partial charge in [-0.2, -0.15) is 0 Å². The van der Waals surface area contributed by atoms with Crippen LogP contribution in [0, 0.1) is 6.92 Å². The molecule has 0 fully saturated rings. The fourth-order valence-electron chi connectivity index (χ4n) is 10.6. The average Bonchev–Trinajstić information content (AvgIpc) is 3.74. The predicted molar refractivity (Wildman–Crippen MR) is 273 cm³/mol. The Morgan fingerprint density at radius 1 is 0.344 bits per heavy atom. The molecule has 0 radical (unpaired) electrons. The van der Waals surface area contributed by atoms with Crippen LogP contribution < -0.4 is 0 Å². The molecule has 0 saturated heterocycles. The highest BCUT2D eigenvalue weighted by Crippen LogP contribution is 2.46. The van der Waals surface area contributed by atoms with Gasteiger partial charge in [0.2, 0.25) is 0 Å². The van der Waals surface area contributed by atoms with Crippen molar-refractivity contribution >= 4 is 75.7 Å². The van der Waals surface area contributed by atoms with Crippen LogP contribution in [0.3, 0.4) is 0 Å². The van der Waals surface area contributed by atoms with Gasteiger partial charge in [0.05, 0.1) is 11.0 Å². The average molecular weight is 813 g/mol. The van der Waals surface area contributed by atoms with Gasteiger partial charge in [-0.05, 0) is 141 Å². The van der Waals surface area contributed by atoms with Crippen molar-refractivity contribution in [2.45, 2.75) is 6.92 Å². The van der Waals surface area contributed by atoms with Gasteiger partial charge < -0.3 is 0 Å². The fraction of sp³-hybridized carbons (Fsp3) is 0.0161. The Bertz CT molecular complexity index is 3950. The largest absolute Gasteiger partial charge is 0.292 e. The highest BCUT2D eigenvalue weighted by molar-refractivity contribution is 6.23. The standard InChI is InChI=1S/C62H40N2/c1-39-14-11-15-41-32-33-43-17-13-25-52(60(43)57(39)41)51-24-12-16-42-34-35-46-38-45(36-37-48(46)58(42)51)40-28-30-44(31-29-40)59-49-20-5-7-22-53(49)61(54-23-8-6-21-50(54)59)62-63-55-26-9-10-27-56(55)64(62)47-18-3-2-4-19-47/h2-38H,1H3. The van der Waals surface area contributed by atoms with Crippen molar-refractivity contribution < 1.29 is 0 Å². The molecule has 0 bridgehead atoms. The summed E-state index contributed by atoms with van der Waals surface area (Å²) in [6, 6.07) is 82.2. The van der Waals surface area contributed by atoms with Crippen LogP contribution in [0.4, 0.5) is 0 Å². The number of fused-ring (bicyclic) bond motifs is 9. The van der Waals surface area contributed by atoms with Gasteiger partial charge in [0.25, 0.3) is 0 Å². The molecule has 64 heavy (non-hydrogen) atoms. The topological polar surface area (TPSA) is 17.8 Å². The van der Waals surface area contributed by atoms with Gasteiger partial charge in [-0.1, -0.05) is 194 Å². The molecule has 13 aromatic rings. The van der Waals surface area contributed by atoms with E-state index in [2.05, 4.69) is 236 Å². The first-order chi connectivity index (χ1) is 31.7. The summed E-state index contributed by atoms with van der Waals surface area (Å²) in [6.07, 6.45) is 0. The quantitative estimate of drug-likeness (QED) is 0.125. The molecule has 0 atom stereocenters. The van der Waals surface area contributed by atoms with Gasteiger partial charge in [0, 0.05) is 11.3 Å². The first kappa shape index (κ1) is 36.3. The highest BCUT2D eigenvalue weighted by Gasteiger charge is 2.22. The number of rotatable bonds is 5. The first-order valence-corrected chi connectivity index (χ1v) is 22.1. The third-order valence-electron chi connectivity index (χ3n) is 13.5. The lowest BCUT2D eigenvalue weighted by Crippen LogP contribution is -1.99. The van der Waals surface area contributed by atoms with E-state index in [9.17, 15) is 0 Å².